The van der Waals surface area contributed by atoms with Crippen LogP contribution in [-0.2, 0) is 11.4 Å². The fourth-order valence-electron chi connectivity index (χ4n) is 5.39. The number of carbonyl (C=O) groups excluding carboxylic acids is 1. The fraction of sp³-hybridized carbons (Fsp3) is 0.162. The number of nitrogens with one attached hydrogen (secondary N) is 1. The summed E-state index contributed by atoms with van der Waals surface area (Å²) in [6.07, 6.45) is 1.90. The van der Waals surface area contributed by atoms with Crippen molar-refractivity contribution in [2.75, 3.05) is 5.32 Å². The maximum Gasteiger partial charge on any atom is 0.271 e. The minimum Gasteiger partial charge on any atom is -0.487 e. The number of nitrogens with zero attached hydrogens (tertiary/aromatic N) is 2. The molecule has 4 aromatic carbocycles. The molecule has 0 radical (unpaired) electrons. The van der Waals surface area contributed by atoms with Gasteiger partial charge >= 0.3 is 0 Å². The minimum absolute atomic E-state index is 0.186. The normalized spacial score (nSPS) is 14.7. The number of hydrogen-bond acceptors (Lipinski definition) is 5. The van der Waals surface area contributed by atoms with Crippen molar-refractivity contribution in [1.82, 2.24) is 4.57 Å². The average Bonchev–Trinajstić information content (AvgIpc) is 3.34. The molecule has 9 heteroatoms. The van der Waals surface area contributed by atoms with Crippen LogP contribution in [0.3, 0.4) is 0 Å². The Balaban J connectivity index is 1.40. The number of hydrogen-bond donors (Lipinski definition) is 1. The molecule has 1 aromatic heterocycles. The lowest BCUT2D eigenvalue weighted by atomic mass is 9.93. The molecule has 0 bridgehead atoms. The van der Waals surface area contributed by atoms with Crippen molar-refractivity contribution in [3.8, 4) is 5.75 Å². The zero-order valence-electron chi connectivity index (χ0n) is 25.5. The van der Waals surface area contributed by atoms with Crippen LogP contribution in [0, 0.1) is 7.14 Å². The van der Waals surface area contributed by atoms with E-state index in [4.69, 9.17) is 9.73 Å². The molecule has 6 rings (SSSR count). The number of amides is 1. The lowest BCUT2D eigenvalue weighted by Crippen LogP contribution is -2.40. The quantitative estimate of drug-likeness (QED) is 0.162. The Morgan fingerprint density at radius 3 is 2.24 bits per heavy atom. The molecule has 1 atom stereocenters. The SMILES string of the molecule is CC1=C(C(=O)Nc2ccccc2)C(c2ccc(C(C)C)cc2)n2c(s/c(=C\c3cc(I)c(OCc4ccccc4)c(I)c3)c2=O)=N1. The highest BCUT2D eigenvalue weighted by molar-refractivity contribution is 14.1. The highest BCUT2D eigenvalue weighted by Crippen LogP contribution is 2.32. The minimum atomic E-state index is -0.627. The van der Waals surface area contributed by atoms with Crippen LogP contribution in [0.5, 0.6) is 5.75 Å². The number of thiazole rings is 1. The van der Waals surface area contributed by atoms with Crippen molar-refractivity contribution < 1.29 is 9.53 Å². The molecule has 5 aromatic rings. The van der Waals surface area contributed by atoms with E-state index in [1.807, 2.05) is 97.9 Å². The zero-order valence-corrected chi connectivity index (χ0v) is 30.6. The van der Waals surface area contributed by atoms with Crippen molar-refractivity contribution >= 4 is 74.2 Å². The summed E-state index contributed by atoms with van der Waals surface area (Å²) in [5.74, 6) is 0.892. The molecule has 1 aliphatic rings. The van der Waals surface area contributed by atoms with E-state index >= 15 is 0 Å². The average molecular weight is 852 g/mol. The molecule has 6 nitrogen and oxygen atoms in total. The van der Waals surface area contributed by atoms with Crippen molar-refractivity contribution in [3.63, 3.8) is 0 Å². The summed E-state index contributed by atoms with van der Waals surface area (Å²) in [6.45, 7) is 6.60. The number of fused-ring (bicyclic) bond motifs is 1. The second-order valence-electron chi connectivity index (χ2n) is 11.3. The van der Waals surface area contributed by atoms with Crippen LogP contribution in [0.15, 0.2) is 118 Å². The van der Waals surface area contributed by atoms with Crippen LogP contribution >= 0.6 is 56.5 Å². The van der Waals surface area contributed by atoms with Crippen molar-refractivity contribution in [3.05, 3.63) is 157 Å². The lowest BCUT2D eigenvalue weighted by molar-refractivity contribution is -0.113. The number of para-hydroxylation sites is 1. The Hall–Kier alpha value is -3.55. The fourth-order valence-corrected chi connectivity index (χ4v) is 8.57. The molecule has 1 N–H and O–H groups in total. The number of carbonyl (C=O) groups is 1. The van der Waals surface area contributed by atoms with Gasteiger partial charge in [-0.2, -0.15) is 0 Å². The van der Waals surface area contributed by atoms with Crippen molar-refractivity contribution in [1.29, 1.82) is 0 Å². The smallest absolute Gasteiger partial charge is 0.271 e. The molecule has 2 heterocycles. The van der Waals surface area contributed by atoms with E-state index < -0.39 is 6.04 Å². The van der Waals surface area contributed by atoms with Gasteiger partial charge in [-0.05, 0) is 111 Å². The van der Waals surface area contributed by atoms with Gasteiger partial charge in [-0.15, -0.1) is 0 Å². The lowest BCUT2D eigenvalue weighted by Gasteiger charge is -2.25. The first kappa shape index (κ1) is 32.4. The summed E-state index contributed by atoms with van der Waals surface area (Å²) in [6, 6.07) is 31.0. The number of halogens is 2. The summed E-state index contributed by atoms with van der Waals surface area (Å²) >= 11 is 5.90. The topological polar surface area (TPSA) is 72.7 Å². The summed E-state index contributed by atoms with van der Waals surface area (Å²) in [5.41, 5.74) is 5.56. The molecular weight excluding hydrogens is 820 g/mol. The molecule has 0 aliphatic carbocycles. The van der Waals surface area contributed by atoms with E-state index in [1.165, 1.54) is 16.9 Å². The third kappa shape index (κ3) is 6.91. The van der Waals surface area contributed by atoms with Gasteiger partial charge in [0, 0.05) is 5.69 Å². The monoisotopic (exact) mass is 851 g/mol. The van der Waals surface area contributed by atoms with E-state index in [0.717, 1.165) is 29.6 Å². The van der Waals surface area contributed by atoms with Gasteiger partial charge in [0.2, 0.25) is 0 Å². The van der Waals surface area contributed by atoms with E-state index in [0.29, 0.717) is 38.8 Å². The van der Waals surface area contributed by atoms with E-state index in [2.05, 4.69) is 76.5 Å². The Morgan fingerprint density at radius 2 is 1.61 bits per heavy atom. The molecule has 0 fully saturated rings. The number of anilines is 1. The second-order valence-corrected chi connectivity index (χ2v) is 14.6. The number of ether oxygens (including phenoxy) is 1. The number of benzene rings is 4. The van der Waals surface area contributed by atoms with Gasteiger partial charge < -0.3 is 10.1 Å². The van der Waals surface area contributed by atoms with Crippen LogP contribution < -0.4 is 24.9 Å². The van der Waals surface area contributed by atoms with Crippen LogP contribution in [0.2, 0.25) is 0 Å². The summed E-state index contributed by atoms with van der Waals surface area (Å²) < 4.78 is 10.3. The number of allylic oxidation sites excluding steroid dienone is 1. The zero-order chi connectivity index (χ0) is 32.4. The molecule has 1 aliphatic heterocycles. The highest BCUT2D eigenvalue weighted by Gasteiger charge is 2.32. The first-order valence-electron chi connectivity index (χ1n) is 14.8. The standard InChI is InChI=1S/C37H31I2N3O3S/c1-22(2)26-14-16-27(17-15-26)33-32(35(43)41-28-12-8-5-9-13-28)23(3)40-37-42(33)36(44)31(46-37)20-25-18-29(38)34(30(39)19-25)45-21-24-10-6-4-7-11-24/h4-20,22,33H,21H2,1-3H3,(H,41,43)/b31-20-. The molecule has 0 saturated heterocycles. The number of rotatable bonds is 8. The Bertz CT molecular complexity index is 2100. The molecule has 1 unspecified atom stereocenters. The van der Waals surface area contributed by atoms with E-state index in [9.17, 15) is 9.59 Å². The van der Waals surface area contributed by atoms with Crippen LogP contribution in [0.4, 0.5) is 5.69 Å². The predicted octanol–water partition coefficient (Wildman–Crippen LogP) is 7.79. The maximum atomic E-state index is 14.2. The molecule has 232 valence electrons. The number of aromatic nitrogens is 1. The predicted molar refractivity (Wildman–Crippen MR) is 202 cm³/mol. The first-order chi connectivity index (χ1) is 22.2. The van der Waals surface area contributed by atoms with Gasteiger partial charge in [-0.3, -0.25) is 14.2 Å². The molecule has 0 spiro atoms. The molecule has 46 heavy (non-hydrogen) atoms. The Morgan fingerprint density at radius 1 is 0.978 bits per heavy atom. The van der Waals surface area contributed by atoms with E-state index in [1.54, 1.807) is 4.57 Å². The van der Waals surface area contributed by atoms with Crippen molar-refractivity contribution in [2.45, 2.75) is 39.3 Å². The summed E-state index contributed by atoms with van der Waals surface area (Å²) in [5, 5.41) is 3.02. The van der Waals surface area contributed by atoms with Gasteiger partial charge in [0.1, 0.15) is 12.4 Å². The van der Waals surface area contributed by atoms with Crippen LogP contribution in [0.25, 0.3) is 6.08 Å². The van der Waals surface area contributed by atoms with Crippen LogP contribution in [0.1, 0.15) is 55.0 Å². The highest BCUT2D eigenvalue weighted by atomic mass is 127. The van der Waals surface area contributed by atoms with Gasteiger partial charge in [0.15, 0.2) is 4.80 Å². The van der Waals surface area contributed by atoms with Crippen molar-refractivity contribution in [2.24, 2.45) is 4.99 Å². The van der Waals surface area contributed by atoms with Gasteiger partial charge in [-0.1, -0.05) is 98.0 Å². The molecule has 1 amide bonds. The van der Waals surface area contributed by atoms with Gasteiger partial charge in [0.05, 0.1) is 29.0 Å². The summed E-state index contributed by atoms with van der Waals surface area (Å²) in [7, 11) is 0. The van der Waals surface area contributed by atoms with E-state index in [-0.39, 0.29) is 11.5 Å². The third-order valence-corrected chi connectivity index (χ3v) is 10.3. The molecular formula is C37H31I2N3O3S. The Labute approximate surface area is 298 Å². The largest absolute Gasteiger partial charge is 0.487 e. The van der Waals surface area contributed by atoms with Gasteiger partial charge in [0.25, 0.3) is 11.5 Å². The third-order valence-electron chi connectivity index (χ3n) is 7.76. The van der Waals surface area contributed by atoms with Gasteiger partial charge in [-0.25, -0.2) is 4.99 Å². The second kappa shape index (κ2) is 14.1. The Kier molecular flexibility index (Phi) is 9.90. The maximum absolute atomic E-state index is 14.2. The van der Waals surface area contributed by atoms with Crippen LogP contribution in [-0.4, -0.2) is 10.5 Å². The molecule has 0 saturated carbocycles. The first-order valence-corrected chi connectivity index (χ1v) is 17.8. The summed E-state index contributed by atoms with van der Waals surface area (Å²) in [4.78, 5) is 33.4.